The van der Waals surface area contributed by atoms with Crippen molar-refractivity contribution in [1.82, 2.24) is 15.1 Å². The van der Waals surface area contributed by atoms with Crippen molar-refractivity contribution in [3.63, 3.8) is 0 Å². The molecule has 182 valence electrons. The number of likely N-dealkylation sites (tertiary alicyclic amines) is 1. The molecule has 0 aromatic carbocycles. The van der Waals surface area contributed by atoms with Gasteiger partial charge in [0.05, 0.1) is 18.8 Å². The maximum absolute atomic E-state index is 12.3. The molecule has 8 nitrogen and oxygen atoms in total. The molecule has 31 heavy (non-hydrogen) atoms. The first kappa shape index (κ1) is 28.2. The summed E-state index contributed by atoms with van der Waals surface area (Å²) in [4.78, 5) is 20.7. The number of aliphatic imine (C=N–C) groups is 1. The molecule has 2 aliphatic heterocycles. The predicted octanol–water partition coefficient (Wildman–Crippen LogP) is 3.49. The van der Waals surface area contributed by atoms with E-state index in [-0.39, 0.29) is 36.2 Å². The Morgan fingerprint density at radius 1 is 1.23 bits per heavy atom. The number of hydrogen-bond donors (Lipinski definition) is 1. The van der Waals surface area contributed by atoms with Crippen molar-refractivity contribution in [1.29, 1.82) is 0 Å². The van der Waals surface area contributed by atoms with Crippen LogP contribution in [0.25, 0.3) is 0 Å². The zero-order valence-corrected chi connectivity index (χ0v) is 22.4. The highest BCUT2D eigenvalue weighted by Gasteiger charge is 2.24. The molecule has 0 bridgehead atoms. The van der Waals surface area contributed by atoms with Crippen molar-refractivity contribution in [3.05, 3.63) is 0 Å². The van der Waals surface area contributed by atoms with Gasteiger partial charge in [-0.1, -0.05) is 0 Å². The van der Waals surface area contributed by atoms with Crippen LogP contribution < -0.4 is 5.32 Å². The number of rotatable bonds is 7. The molecule has 2 fully saturated rings. The summed E-state index contributed by atoms with van der Waals surface area (Å²) in [6, 6.07) is 0. The van der Waals surface area contributed by atoms with Crippen molar-refractivity contribution >= 4 is 36.0 Å². The minimum atomic E-state index is -0.483. The Balaban J connectivity index is 0.00000480. The molecule has 0 radical (unpaired) electrons. The van der Waals surface area contributed by atoms with Gasteiger partial charge in [-0.25, -0.2) is 4.79 Å². The Morgan fingerprint density at radius 3 is 2.48 bits per heavy atom. The summed E-state index contributed by atoms with van der Waals surface area (Å²) in [5.41, 5.74) is -0.483. The third-order valence-electron chi connectivity index (χ3n) is 5.44. The molecule has 2 aliphatic rings. The van der Waals surface area contributed by atoms with Gasteiger partial charge in [0.1, 0.15) is 5.60 Å². The highest BCUT2D eigenvalue weighted by atomic mass is 127. The number of likely N-dealkylation sites (N-methyl/N-ethyl adjacent to an activating group) is 1. The summed E-state index contributed by atoms with van der Waals surface area (Å²) < 4.78 is 17.3. The topological polar surface area (TPSA) is 75.6 Å². The largest absolute Gasteiger partial charge is 0.444 e. The number of piperidine rings is 1. The van der Waals surface area contributed by atoms with Gasteiger partial charge < -0.3 is 29.3 Å². The number of carbonyl (C=O) groups excluding carboxylic acids is 1. The lowest BCUT2D eigenvalue weighted by atomic mass is 10.1. The van der Waals surface area contributed by atoms with Gasteiger partial charge in [0, 0.05) is 46.4 Å². The van der Waals surface area contributed by atoms with Crippen LogP contribution in [0.2, 0.25) is 0 Å². The summed E-state index contributed by atoms with van der Waals surface area (Å²) in [7, 11) is 1.80. The van der Waals surface area contributed by atoms with Crippen LogP contribution in [-0.4, -0.2) is 92.6 Å². The van der Waals surface area contributed by atoms with E-state index in [4.69, 9.17) is 14.2 Å². The third kappa shape index (κ3) is 10.6. The van der Waals surface area contributed by atoms with Crippen molar-refractivity contribution in [2.45, 2.75) is 77.6 Å². The van der Waals surface area contributed by atoms with Crippen molar-refractivity contribution < 1.29 is 19.0 Å². The second-order valence-corrected chi connectivity index (χ2v) is 9.04. The van der Waals surface area contributed by atoms with Gasteiger partial charge in [-0.3, -0.25) is 4.99 Å². The number of halogens is 1. The zero-order chi connectivity index (χ0) is 22.0. The molecule has 1 amide bonds. The lowest BCUT2D eigenvalue weighted by Gasteiger charge is -2.35. The van der Waals surface area contributed by atoms with Gasteiger partial charge in [-0.05, 0) is 59.8 Å². The van der Waals surface area contributed by atoms with Gasteiger partial charge in [0.2, 0.25) is 0 Å². The summed E-state index contributed by atoms with van der Waals surface area (Å²) >= 11 is 0. The SMILES string of the molecule is CCN(CCNC(=NC)N1CCC(OCC2CCCCO2)CC1)C(=O)OC(C)(C)C.I. The molecule has 2 rings (SSSR count). The zero-order valence-electron chi connectivity index (χ0n) is 20.0. The fourth-order valence-electron chi connectivity index (χ4n) is 3.76. The molecule has 2 heterocycles. The molecule has 0 saturated carbocycles. The summed E-state index contributed by atoms with van der Waals surface area (Å²) in [5, 5.41) is 3.39. The summed E-state index contributed by atoms with van der Waals surface area (Å²) in [6.45, 7) is 12.9. The summed E-state index contributed by atoms with van der Waals surface area (Å²) in [6.07, 6.45) is 5.82. The second kappa shape index (κ2) is 14.4. The molecule has 1 atom stereocenters. The number of nitrogens with one attached hydrogen (secondary N) is 1. The van der Waals surface area contributed by atoms with Gasteiger partial charge in [-0.2, -0.15) is 0 Å². The van der Waals surface area contributed by atoms with Gasteiger partial charge >= 0.3 is 6.09 Å². The highest BCUT2D eigenvalue weighted by molar-refractivity contribution is 14.0. The third-order valence-corrected chi connectivity index (χ3v) is 5.44. The van der Waals surface area contributed by atoms with Crippen LogP contribution >= 0.6 is 24.0 Å². The lowest BCUT2D eigenvalue weighted by molar-refractivity contribution is -0.0721. The highest BCUT2D eigenvalue weighted by Crippen LogP contribution is 2.18. The van der Waals surface area contributed by atoms with Crippen LogP contribution in [0.15, 0.2) is 4.99 Å². The van der Waals surface area contributed by atoms with Crippen LogP contribution in [0, 0.1) is 0 Å². The molecule has 1 unspecified atom stereocenters. The smallest absolute Gasteiger partial charge is 0.410 e. The van der Waals surface area contributed by atoms with Crippen LogP contribution in [0.3, 0.4) is 0 Å². The molecule has 9 heteroatoms. The molecular formula is C22H43IN4O4. The molecule has 1 N–H and O–H groups in total. The number of guanidine groups is 1. The number of hydrogen-bond acceptors (Lipinski definition) is 5. The Hall–Kier alpha value is -0.810. The van der Waals surface area contributed by atoms with Crippen molar-refractivity contribution in [2.75, 3.05) is 53.0 Å². The van der Waals surface area contributed by atoms with E-state index in [1.54, 1.807) is 11.9 Å². The van der Waals surface area contributed by atoms with Crippen LogP contribution in [0.4, 0.5) is 4.79 Å². The van der Waals surface area contributed by atoms with E-state index in [1.165, 1.54) is 12.8 Å². The maximum atomic E-state index is 12.3. The fourth-order valence-corrected chi connectivity index (χ4v) is 3.76. The first-order chi connectivity index (χ1) is 14.3. The Kier molecular flexibility index (Phi) is 13.1. The molecule has 0 aromatic heterocycles. The van der Waals surface area contributed by atoms with E-state index in [1.807, 2.05) is 27.7 Å². The lowest BCUT2D eigenvalue weighted by Crippen LogP contribution is -2.49. The minimum absolute atomic E-state index is 0. The number of amides is 1. The fraction of sp³-hybridized carbons (Fsp3) is 0.909. The molecule has 0 aliphatic carbocycles. The van der Waals surface area contributed by atoms with E-state index < -0.39 is 5.60 Å². The molecule has 2 saturated heterocycles. The first-order valence-corrected chi connectivity index (χ1v) is 11.5. The summed E-state index contributed by atoms with van der Waals surface area (Å²) in [5.74, 6) is 0.879. The predicted molar refractivity (Wildman–Crippen MR) is 134 cm³/mol. The van der Waals surface area contributed by atoms with Gasteiger partial charge in [0.25, 0.3) is 0 Å². The van der Waals surface area contributed by atoms with Gasteiger partial charge in [-0.15, -0.1) is 24.0 Å². The van der Waals surface area contributed by atoms with E-state index in [9.17, 15) is 4.79 Å². The maximum Gasteiger partial charge on any atom is 0.410 e. The average Bonchev–Trinajstić information content (AvgIpc) is 2.72. The molecular weight excluding hydrogens is 511 g/mol. The van der Waals surface area contributed by atoms with E-state index >= 15 is 0 Å². The standard InChI is InChI=1S/C22H42N4O4.HI/c1-6-25(21(27)30-22(2,3)4)15-12-24-20(23-5)26-13-10-18(11-14-26)29-17-19-9-7-8-16-28-19;/h18-19H,6-17H2,1-5H3,(H,23,24);1H. The van der Waals surface area contributed by atoms with E-state index in [2.05, 4.69) is 15.2 Å². The van der Waals surface area contributed by atoms with Crippen molar-refractivity contribution in [2.24, 2.45) is 4.99 Å². The normalized spacial score (nSPS) is 20.7. The number of carbonyl (C=O) groups is 1. The average molecular weight is 555 g/mol. The second-order valence-electron chi connectivity index (χ2n) is 9.04. The van der Waals surface area contributed by atoms with Gasteiger partial charge in [0.15, 0.2) is 5.96 Å². The monoisotopic (exact) mass is 554 g/mol. The molecule has 0 spiro atoms. The van der Waals surface area contributed by atoms with E-state index in [0.29, 0.717) is 25.7 Å². The number of nitrogens with zero attached hydrogens (tertiary/aromatic N) is 3. The Bertz CT molecular complexity index is 542. The Morgan fingerprint density at radius 2 is 1.94 bits per heavy atom. The quantitative estimate of drug-likeness (QED) is 0.295. The van der Waals surface area contributed by atoms with E-state index in [0.717, 1.165) is 51.5 Å². The number of ether oxygens (including phenoxy) is 3. The van der Waals surface area contributed by atoms with Crippen molar-refractivity contribution in [3.8, 4) is 0 Å². The molecule has 0 aromatic rings. The van der Waals surface area contributed by atoms with Crippen LogP contribution in [-0.2, 0) is 14.2 Å². The Labute approximate surface area is 205 Å². The van der Waals surface area contributed by atoms with Crippen LogP contribution in [0.5, 0.6) is 0 Å². The minimum Gasteiger partial charge on any atom is -0.444 e. The van der Waals surface area contributed by atoms with Crippen LogP contribution in [0.1, 0.15) is 59.8 Å². The first-order valence-electron chi connectivity index (χ1n) is 11.5.